The Morgan fingerprint density at radius 2 is 1.94 bits per heavy atom. The van der Waals surface area contributed by atoms with Crippen molar-refractivity contribution < 1.29 is 13.2 Å². The molecule has 18 heavy (non-hydrogen) atoms. The van der Waals surface area contributed by atoms with Crippen LogP contribution < -0.4 is 5.73 Å². The zero-order valence-electron chi connectivity index (χ0n) is 10.3. The van der Waals surface area contributed by atoms with Crippen LogP contribution in [0.15, 0.2) is 12.4 Å². The van der Waals surface area contributed by atoms with Gasteiger partial charge in [-0.15, -0.1) is 0 Å². The fourth-order valence-electron chi connectivity index (χ4n) is 2.69. The first-order chi connectivity index (χ1) is 8.38. The standard InChI is InChI=1S/C12H18F3N3/c1-18-7-9(6-17-18)11(16)8-2-4-10(5-3-8)12(13,14)15/h6-8,10-11H,2-5,16H2,1H3. The van der Waals surface area contributed by atoms with Gasteiger partial charge >= 0.3 is 6.18 Å². The van der Waals surface area contributed by atoms with Gasteiger partial charge in [0, 0.05) is 24.8 Å². The highest BCUT2D eigenvalue weighted by atomic mass is 19.4. The third-order valence-electron chi connectivity index (χ3n) is 3.85. The number of nitrogens with two attached hydrogens (primary N) is 1. The molecule has 2 rings (SSSR count). The van der Waals surface area contributed by atoms with Crippen molar-refractivity contribution in [2.75, 3.05) is 0 Å². The molecule has 1 heterocycles. The first-order valence-corrected chi connectivity index (χ1v) is 6.18. The van der Waals surface area contributed by atoms with Crippen LogP contribution in [0.3, 0.4) is 0 Å². The lowest BCUT2D eigenvalue weighted by Gasteiger charge is -2.32. The Bertz CT molecular complexity index is 392. The Morgan fingerprint density at radius 3 is 2.39 bits per heavy atom. The number of rotatable bonds is 2. The van der Waals surface area contributed by atoms with E-state index in [1.165, 1.54) is 0 Å². The Hall–Kier alpha value is -1.04. The van der Waals surface area contributed by atoms with Crippen LogP contribution in [0.1, 0.15) is 37.3 Å². The number of halogens is 3. The fraction of sp³-hybridized carbons (Fsp3) is 0.750. The molecule has 0 saturated heterocycles. The van der Waals surface area contributed by atoms with Gasteiger partial charge < -0.3 is 5.73 Å². The summed E-state index contributed by atoms with van der Waals surface area (Å²) < 4.78 is 39.3. The summed E-state index contributed by atoms with van der Waals surface area (Å²) in [6.07, 6.45) is 0.953. The normalized spacial score (nSPS) is 27.2. The van der Waals surface area contributed by atoms with Gasteiger partial charge in [0.15, 0.2) is 0 Å². The highest BCUT2D eigenvalue weighted by molar-refractivity contribution is 5.11. The second-order valence-corrected chi connectivity index (χ2v) is 5.13. The van der Waals surface area contributed by atoms with Gasteiger partial charge in [0.05, 0.1) is 12.1 Å². The topological polar surface area (TPSA) is 43.8 Å². The van der Waals surface area contributed by atoms with Crippen molar-refractivity contribution in [3.8, 4) is 0 Å². The molecule has 0 amide bonds. The number of aromatic nitrogens is 2. The third-order valence-corrected chi connectivity index (χ3v) is 3.85. The molecule has 1 aliphatic carbocycles. The molecule has 102 valence electrons. The summed E-state index contributed by atoms with van der Waals surface area (Å²) in [6.45, 7) is 0. The molecular weight excluding hydrogens is 243 g/mol. The monoisotopic (exact) mass is 261 g/mol. The van der Waals surface area contributed by atoms with Crippen LogP contribution >= 0.6 is 0 Å². The molecule has 3 nitrogen and oxygen atoms in total. The Balaban J connectivity index is 1.94. The maximum atomic E-state index is 12.6. The van der Waals surface area contributed by atoms with Crippen LogP contribution in [0.5, 0.6) is 0 Å². The van der Waals surface area contributed by atoms with Gasteiger partial charge in [-0.2, -0.15) is 18.3 Å². The fourth-order valence-corrected chi connectivity index (χ4v) is 2.69. The van der Waals surface area contributed by atoms with E-state index in [4.69, 9.17) is 5.73 Å². The molecule has 0 aliphatic heterocycles. The molecule has 1 aromatic rings. The molecule has 0 spiro atoms. The van der Waals surface area contributed by atoms with E-state index >= 15 is 0 Å². The molecule has 0 bridgehead atoms. The number of alkyl halides is 3. The van der Waals surface area contributed by atoms with Crippen molar-refractivity contribution in [1.82, 2.24) is 9.78 Å². The lowest BCUT2D eigenvalue weighted by molar-refractivity contribution is -0.184. The van der Waals surface area contributed by atoms with Crippen LogP contribution in [0.4, 0.5) is 13.2 Å². The van der Waals surface area contributed by atoms with Crippen molar-refractivity contribution in [2.24, 2.45) is 24.6 Å². The summed E-state index contributed by atoms with van der Waals surface area (Å²) in [7, 11) is 1.80. The van der Waals surface area contributed by atoms with Crippen LogP contribution in [-0.2, 0) is 7.05 Å². The van der Waals surface area contributed by atoms with Gasteiger partial charge in [0.2, 0.25) is 0 Å². The maximum Gasteiger partial charge on any atom is 0.391 e. The number of nitrogens with zero attached hydrogens (tertiary/aromatic N) is 2. The van der Waals surface area contributed by atoms with E-state index in [0.29, 0.717) is 12.8 Å². The minimum absolute atomic E-state index is 0.132. The largest absolute Gasteiger partial charge is 0.391 e. The summed E-state index contributed by atoms with van der Waals surface area (Å²) in [6, 6.07) is -0.201. The quantitative estimate of drug-likeness (QED) is 0.889. The first-order valence-electron chi connectivity index (χ1n) is 6.18. The zero-order valence-corrected chi connectivity index (χ0v) is 10.3. The van der Waals surface area contributed by atoms with Crippen molar-refractivity contribution in [3.63, 3.8) is 0 Å². The van der Waals surface area contributed by atoms with Gasteiger partial charge in [-0.3, -0.25) is 4.68 Å². The lowest BCUT2D eigenvalue weighted by Crippen LogP contribution is -2.31. The Labute approximate surface area is 104 Å². The highest BCUT2D eigenvalue weighted by Crippen LogP contribution is 2.42. The van der Waals surface area contributed by atoms with E-state index in [1.54, 1.807) is 17.9 Å². The molecule has 1 aliphatic rings. The smallest absolute Gasteiger partial charge is 0.324 e. The van der Waals surface area contributed by atoms with Crippen molar-refractivity contribution in [3.05, 3.63) is 18.0 Å². The van der Waals surface area contributed by atoms with Gasteiger partial charge in [-0.05, 0) is 31.6 Å². The predicted molar refractivity (Wildman–Crippen MR) is 61.6 cm³/mol. The number of hydrogen-bond acceptors (Lipinski definition) is 2. The molecule has 1 saturated carbocycles. The van der Waals surface area contributed by atoms with E-state index < -0.39 is 12.1 Å². The molecule has 1 aromatic heterocycles. The summed E-state index contributed by atoms with van der Waals surface area (Å²) in [5.41, 5.74) is 7.01. The van der Waals surface area contributed by atoms with E-state index in [0.717, 1.165) is 5.56 Å². The van der Waals surface area contributed by atoms with Crippen LogP contribution in [0.2, 0.25) is 0 Å². The second kappa shape index (κ2) is 4.91. The van der Waals surface area contributed by atoms with Crippen molar-refractivity contribution in [2.45, 2.75) is 37.9 Å². The second-order valence-electron chi connectivity index (χ2n) is 5.13. The average molecular weight is 261 g/mol. The predicted octanol–water partition coefficient (Wildman–Crippen LogP) is 2.79. The van der Waals surface area contributed by atoms with Crippen LogP contribution in [0, 0.1) is 11.8 Å². The van der Waals surface area contributed by atoms with E-state index in [9.17, 15) is 13.2 Å². The highest BCUT2D eigenvalue weighted by Gasteiger charge is 2.42. The number of hydrogen-bond donors (Lipinski definition) is 1. The molecular formula is C12H18F3N3. The van der Waals surface area contributed by atoms with Gasteiger partial charge in [0.1, 0.15) is 0 Å². The molecule has 1 fully saturated rings. The van der Waals surface area contributed by atoms with Crippen LogP contribution in [0.25, 0.3) is 0 Å². The molecule has 1 unspecified atom stereocenters. The zero-order chi connectivity index (χ0) is 13.3. The molecule has 1 atom stereocenters. The molecule has 0 aromatic carbocycles. The van der Waals surface area contributed by atoms with E-state index in [-0.39, 0.29) is 24.8 Å². The maximum absolute atomic E-state index is 12.6. The molecule has 6 heteroatoms. The minimum Gasteiger partial charge on any atom is -0.324 e. The van der Waals surface area contributed by atoms with Gasteiger partial charge in [0.25, 0.3) is 0 Å². The van der Waals surface area contributed by atoms with Crippen molar-refractivity contribution in [1.29, 1.82) is 0 Å². The van der Waals surface area contributed by atoms with Gasteiger partial charge in [-0.25, -0.2) is 0 Å². The molecule has 0 radical (unpaired) electrons. The van der Waals surface area contributed by atoms with Crippen molar-refractivity contribution >= 4 is 0 Å². The van der Waals surface area contributed by atoms with Crippen LogP contribution in [-0.4, -0.2) is 16.0 Å². The van der Waals surface area contributed by atoms with Gasteiger partial charge in [-0.1, -0.05) is 0 Å². The SMILES string of the molecule is Cn1cc(C(N)C2CCC(C(F)(F)F)CC2)cn1. The summed E-state index contributed by atoms with van der Waals surface area (Å²) in [4.78, 5) is 0. The Morgan fingerprint density at radius 1 is 1.33 bits per heavy atom. The summed E-state index contributed by atoms with van der Waals surface area (Å²) >= 11 is 0. The number of aryl methyl sites for hydroxylation is 1. The molecule has 2 N–H and O–H groups in total. The summed E-state index contributed by atoms with van der Waals surface area (Å²) in [5.74, 6) is -1.01. The van der Waals surface area contributed by atoms with E-state index in [1.807, 2.05) is 6.20 Å². The first kappa shape index (κ1) is 13.4. The third kappa shape index (κ3) is 2.85. The Kier molecular flexibility index (Phi) is 3.66. The minimum atomic E-state index is -4.05. The van der Waals surface area contributed by atoms with E-state index in [2.05, 4.69) is 5.10 Å². The summed E-state index contributed by atoms with van der Waals surface area (Å²) in [5, 5.41) is 4.04. The lowest BCUT2D eigenvalue weighted by atomic mass is 9.77. The average Bonchev–Trinajstić information content (AvgIpc) is 2.74.